The molecule has 3 N–H and O–H groups in total. The van der Waals surface area contributed by atoms with Gasteiger partial charge < -0.3 is 10.6 Å². The topological polar surface area (TPSA) is 96.0 Å². The van der Waals surface area contributed by atoms with Gasteiger partial charge in [-0.25, -0.2) is 4.68 Å². The third kappa shape index (κ3) is 6.23. The molecular weight excluding hydrogens is 499 g/mol. The molecule has 7 nitrogen and oxygen atoms in total. The molecular formula is C24H25Cl3N4O3. The van der Waals surface area contributed by atoms with E-state index in [0.29, 0.717) is 16.3 Å². The second-order valence-electron chi connectivity index (χ2n) is 7.83. The van der Waals surface area contributed by atoms with Crippen LogP contribution in [-0.4, -0.2) is 21.6 Å². The molecule has 0 aliphatic heterocycles. The Morgan fingerprint density at radius 2 is 1.74 bits per heavy atom. The first-order valence-electron chi connectivity index (χ1n) is 10.9. The largest absolute Gasteiger partial charge is 0.326 e. The summed E-state index contributed by atoms with van der Waals surface area (Å²) in [7, 11) is 0. The van der Waals surface area contributed by atoms with Crippen molar-refractivity contribution in [2.75, 3.05) is 10.6 Å². The molecule has 0 aliphatic rings. The number of nitrogens with zero attached hydrogens (tertiary/aromatic N) is 1. The van der Waals surface area contributed by atoms with E-state index in [4.69, 9.17) is 34.8 Å². The van der Waals surface area contributed by atoms with Gasteiger partial charge in [0.25, 0.3) is 11.5 Å². The first kappa shape index (κ1) is 25.9. The minimum absolute atomic E-state index is 0.0633. The van der Waals surface area contributed by atoms with Crippen molar-refractivity contribution in [3.05, 3.63) is 73.4 Å². The Bertz CT molecular complexity index is 1230. The first-order valence-corrected chi connectivity index (χ1v) is 12.1. The van der Waals surface area contributed by atoms with E-state index in [9.17, 15) is 14.4 Å². The smallest absolute Gasteiger partial charge is 0.273 e. The van der Waals surface area contributed by atoms with Crippen LogP contribution < -0.4 is 16.2 Å². The van der Waals surface area contributed by atoms with E-state index in [-0.39, 0.29) is 33.4 Å². The number of benzene rings is 2. The molecule has 2 amide bonds. The predicted molar refractivity (Wildman–Crippen MR) is 138 cm³/mol. The Labute approximate surface area is 212 Å². The molecule has 3 rings (SSSR count). The lowest BCUT2D eigenvalue weighted by molar-refractivity contribution is -0.120. The van der Waals surface area contributed by atoms with Crippen LogP contribution in [0.2, 0.25) is 15.1 Å². The Hall–Kier alpha value is -2.74. The van der Waals surface area contributed by atoms with E-state index < -0.39 is 11.5 Å². The lowest BCUT2D eigenvalue weighted by Crippen LogP contribution is -2.22. The summed E-state index contributed by atoms with van der Waals surface area (Å²) in [6.07, 6.45) is 3.58. The highest BCUT2D eigenvalue weighted by Crippen LogP contribution is 2.31. The highest BCUT2D eigenvalue weighted by Gasteiger charge is 2.18. The number of aromatic amines is 1. The van der Waals surface area contributed by atoms with E-state index >= 15 is 0 Å². The zero-order valence-electron chi connectivity index (χ0n) is 18.8. The number of hydrogen-bond acceptors (Lipinski definition) is 3. The molecule has 2 aromatic carbocycles. The van der Waals surface area contributed by atoms with Gasteiger partial charge >= 0.3 is 0 Å². The number of H-pyrrole nitrogens is 1. The number of hydrogen-bond donors (Lipinski definition) is 3. The van der Waals surface area contributed by atoms with Gasteiger partial charge in [-0.1, -0.05) is 67.6 Å². The molecule has 0 bridgehead atoms. The molecule has 10 heteroatoms. The molecule has 34 heavy (non-hydrogen) atoms. The summed E-state index contributed by atoms with van der Waals surface area (Å²) in [5.41, 5.74) is 0.588. The SMILES string of the molecule is CCCCC(CC)C(=O)Nc1cccc(C(=O)Nc2cc(=O)n(-c3c(Cl)cc(Cl)cc3Cl)[nH]2)c1. The quantitative estimate of drug-likeness (QED) is 0.297. The maximum absolute atomic E-state index is 12.8. The van der Waals surface area contributed by atoms with Crippen LogP contribution >= 0.6 is 34.8 Å². The van der Waals surface area contributed by atoms with Crippen LogP contribution in [0, 0.1) is 5.92 Å². The number of rotatable bonds is 9. The van der Waals surface area contributed by atoms with Crippen LogP contribution in [0.4, 0.5) is 11.5 Å². The van der Waals surface area contributed by atoms with Crippen molar-refractivity contribution in [2.45, 2.75) is 39.5 Å². The molecule has 0 spiro atoms. The molecule has 0 saturated heterocycles. The van der Waals surface area contributed by atoms with Crippen LogP contribution in [-0.2, 0) is 4.79 Å². The number of nitrogens with one attached hydrogen (secondary N) is 3. The van der Waals surface area contributed by atoms with Crippen LogP contribution in [0.3, 0.4) is 0 Å². The highest BCUT2D eigenvalue weighted by atomic mass is 35.5. The Morgan fingerprint density at radius 1 is 1.03 bits per heavy atom. The van der Waals surface area contributed by atoms with Crippen LogP contribution in [0.25, 0.3) is 5.69 Å². The van der Waals surface area contributed by atoms with E-state index in [1.54, 1.807) is 24.3 Å². The minimum atomic E-state index is -0.472. The van der Waals surface area contributed by atoms with Gasteiger partial charge in [0.05, 0.1) is 10.0 Å². The van der Waals surface area contributed by atoms with Gasteiger partial charge in [0.15, 0.2) is 0 Å². The third-order valence-corrected chi connectivity index (χ3v) is 6.13. The van der Waals surface area contributed by atoms with Crippen molar-refractivity contribution in [1.29, 1.82) is 0 Å². The molecule has 0 fully saturated rings. The van der Waals surface area contributed by atoms with E-state index in [2.05, 4.69) is 22.7 Å². The van der Waals surface area contributed by atoms with E-state index in [0.717, 1.165) is 30.4 Å². The molecule has 1 aromatic heterocycles. The lowest BCUT2D eigenvalue weighted by Gasteiger charge is -2.15. The Morgan fingerprint density at radius 3 is 2.38 bits per heavy atom. The number of aromatic nitrogens is 2. The molecule has 180 valence electrons. The van der Waals surface area contributed by atoms with Gasteiger partial charge in [0.1, 0.15) is 11.5 Å². The van der Waals surface area contributed by atoms with Gasteiger partial charge in [0, 0.05) is 28.3 Å². The summed E-state index contributed by atoms with van der Waals surface area (Å²) in [5, 5.41) is 8.99. The number of halogens is 3. The predicted octanol–water partition coefficient (Wildman–Crippen LogP) is 6.53. The molecule has 1 atom stereocenters. The maximum Gasteiger partial charge on any atom is 0.273 e. The highest BCUT2D eigenvalue weighted by molar-refractivity contribution is 6.40. The zero-order chi connectivity index (χ0) is 24.8. The Balaban J connectivity index is 1.76. The van der Waals surface area contributed by atoms with E-state index in [1.165, 1.54) is 18.2 Å². The van der Waals surface area contributed by atoms with Crippen molar-refractivity contribution in [1.82, 2.24) is 9.78 Å². The first-order chi connectivity index (χ1) is 16.2. The van der Waals surface area contributed by atoms with Crippen molar-refractivity contribution < 1.29 is 9.59 Å². The van der Waals surface area contributed by atoms with Gasteiger partial charge in [-0.15, -0.1) is 0 Å². The summed E-state index contributed by atoms with van der Waals surface area (Å²) < 4.78 is 1.12. The van der Waals surface area contributed by atoms with Gasteiger partial charge in [-0.05, 0) is 43.2 Å². The van der Waals surface area contributed by atoms with Gasteiger partial charge in [-0.3, -0.25) is 19.5 Å². The second-order valence-corrected chi connectivity index (χ2v) is 9.08. The molecule has 0 aliphatic carbocycles. The van der Waals surface area contributed by atoms with Crippen molar-refractivity contribution in [3.63, 3.8) is 0 Å². The average Bonchev–Trinajstić information content (AvgIpc) is 3.13. The minimum Gasteiger partial charge on any atom is -0.326 e. The van der Waals surface area contributed by atoms with Crippen LogP contribution in [0.5, 0.6) is 0 Å². The molecule has 0 saturated carbocycles. The van der Waals surface area contributed by atoms with E-state index in [1.807, 2.05) is 6.92 Å². The number of amides is 2. The van der Waals surface area contributed by atoms with Gasteiger partial charge in [-0.2, -0.15) is 0 Å². The molecule has 1 unspecified atom stereocenters. The van der Waals surface area contributed by atoms with Gasteiger partial charge in [0.2, 0.25) is 5.91 Å². The normalized spacial score (nSPS) is 11.8. The average molecular weight is 524 g/mol. The monoisotopic (exact) mass is 522 g/mol. The van der Waals surface area contributed by atoms with Crippen molar-refractivity contribution in [3.8, 4) is 5.69 Å². The van der Waals surface area contributed by atoms with Crippen molar-refractivity contribution >= 4 is 58.1 Å². The van der Waals surface area contributed by atoms with Crippen molar-refractivity contribution in [2.24, 2.45) is 5.92 Å². The zero-order valence-corrected chi connectivity index (χ0v) is 21.0. The molecule has 1 heterocycles. The lowest BCUT2D eigenvalue weighted by atomic mass is 9.98. The standard InChI is InChI=1S/C24H25Cl3N4O3/c1-3-5-7-14(4-2)23(33)28-17-9-6-8-15(10-17)24(34)29-20-13-21(32)31(30-20)22-18(26)11-16(25)12-19(22)27/h6,8-14,30H,3-5,7H2,1-2H3,(H,28,33)(H,29,34). The van der Waals surface area contributed by atoms with Crippen LogP contribution in [0.15, 0.2) is 47.3 Å². The summed E-state index contributed by atoms with van der Waals surface area (Å²) in [4.78, 5) is 37.9. The summed E-state index contributed by atoms with van der Waals surface area (Å²) >= 11 is 18.3. The summed E-state index contributed by atoms with van der Waals surface area (Å²) in [6, 6.07) is 10.7. The number of anilines is 2. The fourth-order valence-corrected chi connectivity index (χ4v) is 4.51. The second kappa shape index (κ2) is 11.6. The fourth-order valence-electron chi connectivity index (χ4n) is 3.52. The molecule has 0 radical (unpaired) electrons. The number of unbranched alkanes of at least 4 members (excludes halogenated alkanes) is 1. The molecule has 3 aromatic rings. The summed E-state index contributed by atoms with van der Waals surface area (Å²) in [6.45, 7) is 4.08. The summed E-state index contributed by atoms with van der Waals surface area (Å²) in [5.74, 6) is -0.451. The Kier molecular flexibility index (Phi) is 8.83. The van der Waals surface area contributed by atoms with Crippen LogP contribution in [0.1, 0.15) is 49.9 Å². The number of carbonyl (C=O) groups excluding carboxylic acids is 2. The number of carbonyl (C=O) groups is 2. The third-order valence-electron chi connectivity index (χ3n) is 5.34. The fraction of sp³-hybridized carbons (Fsp3) is 0.292. The maximum atomic E-state index is 12.8.